The second-order valence-electron chi connectivity index (χ2n) is 6.00. The Morgan fingerprint density at radius 2 is 1.88 bits per heavy atom. The summed E-state index contributed by atoms with van der Waals surface area (Å²) in [7, 11) is -3.20. The number of H-pyrrole nitrogens is 1. The van der Waals surface area contributed by atoms with Crippen LogP contribution in [0.4, 0.5) is 0 Å². The SMILES string of the molecule is CS(=O)(=O)NC1CCN(C(=O)c2ccc(-c3ccn[nH]3)cc2)CC1. The number of aromatic nitrogens is 2. The van der Waals surface area contributed by atoms with E-state index in [1.54, 1.807) is 23.2 Å². The molecule has 0 bridgehead atoms. The van der Waals surface area contributed by atoms with E-state index in [-0.39, 0.29) is 11.9 Å². The van der Waals surface area contributed by atoms with Crippen LogP contribution in [-0.4, -0.2) is 54.8 Å². The molecule has 1 saturated heterocycles. The molecule has 1 fully saturated rings. The molecule has 24 heavy (non-hydrogen) atoms. The third kappa shape index (κ3) is 4.01. The molecule has 3 rings (SSSR count). The minimum Gasteiger partial charge on any atom is -0.339 e. The molecule has 1 aliphatic rings. The van der Waals surface area contributed by atoms with Gasteiger partial charge in [-0.25, -0.2) is 13.1 Å². The maximum Gasteiger partial charge on any atom is 0.253 e. The summed E-state index contributed by atoms with van der Waals surface area (Å²) >= 11 is 0. The lowest BCUT2D eigenvalue weighted by atomic mass is 10.0. The van der Waals surface area contributed by atoms with Crippen molar-refractivity contribution >= 4 is 15.9 Å². The molecule has 0 atom stereocenters. The van der Waals surface area contributed by atoms with Crippen LogP contribution >= 0.6 is 0 Å². The summed E-state index contributed by atoms with van der Waals surface area (Å²) in [6.07, 6.45) is 4.10. The van der Waals surface area contributed by atoms with Crippen LogP contribution in [0.3, 0.4) is 0 Å². The molecule has 0 aliphatic carbocycles. The first-order valence-electron chi connectivity index (χ1n) is 7.79. The Hall–Kier alpha value is -2.19. The van der Waals surface area contributed by atoms with Gasteiger partial charge < -0.3 is 4.90 Å². The van der Waals surface area contributed by atoms with Crippen LogP contribution in [0.2, 0.25) is 0 Å². The smallest absolute Gasteiger partial charge is 0.253 e. The first-order chi connectivity index (χ1) is 11.4. The highest BCUT2D eigenvalue weighted by molar-refractivity contribution is 7.88. The molecule has 2 aromatic rings. The van der Waals surface area contributed by atoms with Gasteiger partial charge in [-0.1, -0.05) is 12.1 Å². The number of hydrogen-bond acceptors (Lipinski definition) is 4. The largest absolute Gasteiger partial charge is 0.339 e. The molecule has 0 spiro atoms. The lowest BCUT2D eigenvalue weighted by Crippen LogP contribution is -2.46. The van der Waals surface area contributed by atoms with E-state index in [9.17, 15) is 13.2 Å². The van der Waals surface area contributed by atoms with E-state index in [1.807, 2.05) is 18.2 Å². The molecule has 1 aromatic carbocycles. The highest BCUT2D eigenvalue weighted by atomic mass is 32.2. The first kappa shape index (κ1) is 16.7. The van der Waals surface area contributed by atoms with Gasteiger partial charge in [0.15, 0.2) is 0 Å². The van der Waals surface area contributed by atoms with Gasteiger partial charge in [-0.3, -0.25) is 9.89 Å². The summed E-state index contributed by atoms with van der Waals surface area (Å²) in [6, 6.07) is 9.17. The van der Waals surface area contributed by atoms with Crippen molar-refractivity contribution in [1.29, 1.82) is 0 Å². The van der Waals surface area contributed by atoms with E-state index >= 15 is 0 Å². The number of nitrogens with one attached hydrogen (secondary N) is 2. The van der Waals surface area contributed by atoms with E-state index in [4.69, 9.17) is 0 Å². The van der Waals surface area contributed by atoms with Crippen molar-refractivity contribution in [3.63, 3.8) is 0 Å². The summed E-state index contributed by atoms with van der Waals surface area (Å²) in [6.45, 7) is 1.10. The maximum absolute atomic E-state index is 12.6. The summed E-state index contributed by atoms with van der Waals surface area (Å²) in [4.78, 5) is 14.3. The second kappa shape index (κ2) is 6.74. The minimum atomic E-state index is -3.20. The lowest BCUT2D eigenvalue weighted by Gasteiger charge is -2.32. The molecular formula is C16H20N4O3S. The monoisotopic (exact) mass is 348 g/mol. The number of amides is 1. The van der Waals surface area contributed by atoms with Gasteiger partial charge in [-0.05, 0) is 36.6 Å². The first-order valence-corrected chi connectivity index (χ1v) is 9.68. The minimum absolute atomic E-state index is 0.0241. The van der Waals surface area contributed by atoms with E-state index in [0.717, 1.165) is 17.5 Å². The number of rotatable bonds is 4. The third-order valence-corrected chi connectivity index (χ3v) is 4.87. The Kier molecular flexibility index (Phi) is 4.68. The number of hydrogen-bond donors (Lipinski definition) is 2. The topological polar surface area (TPSA) is 95.2 Å². The number of aromatic amines is 1. The fraction of sp³-hybridized carbons (Fsp3) is 0.375. The van der Waals surface area contributed by atoms with E-state index in [1.165, 1.54) is 0 Å². The van der Waals surface area contributed by atoms with Crippen molar-refractivity contribution in [3.8, 4) is 11.3 Å². The quantitative estimate of drug-likeness (QED) is 0.869. The molecule has 1 aromatic heterocycles. The molecule has 1 amide bonds. The van der Waals surface area contributed by atoms with Crippen molar-refractivity contribution < 1.29 is 13.2 Å². The lowest BCUT2D eigenvalue weighted by molar-refractivity contribution is 0.0711. The zero-order valence-electron chi connectivity index (χ0n) is 13.4. The van der Waals surface area contributed by atoms with Crippen LogP contribution in [0.5, 0.6) is 0 Å². The Labute approximate surface area is 141 Å². The summed E-state index contributed by atoms with van der Waals surface area (Å²) in [5, 5.41) is 6.80. The fourth-order valence-corrected chi connectivity index (χ4v) is 3.74. The van der Waals surface area contributed by atoms with Crippen molar-refractivity contribution in [1.82, 2.24) is 19.8 Å². The zero-order valence-corrected chi connectivity index (χ0v) is 14.2. The number of benzene rings is 1. The predicted molar refractivity (Wildman–Crippen MR) is 90.9 cm³/mol. The summed E-state index contributed by atoms with van der Waals surface area (Å²) in [5.41, 5.74) is 2.51. The Morgan fingerprint density at radius 3 is 2.42 bits per heavy atom. The average Bonchev–Trinajstić information content (AvgIpc) is 3.08. The third-order valence-electron chi connectivity index (χ3n) is 4.11. The van der Waals surface area contributed by atoms with Crippen LogP contribution < -0.4 is 4.72 Å². The van der Waals surface area contributed by atoms with Crippen molar-refractivity contribution in [2.75, 3.05) is 19.3 Å². The van der Waals surface area contributed by atoms with E-state index < -0.39 is 10.0 Å². The van der Waals surface area contributed by atoms with Gasteiger partial charge in [0, 0.05) is 30.9 Å². The number of likely N-dealkylation sites (tertiary alicyclic amines) is 1. The van der Waals surface area contributed by atoms with Gasteiger partial charge in [-0.15, -0.1) is 0 Å². The molecule has 2 N–H and O–H groups in total. The molecule has 7 nitrogen and oxygen atoms in total. The molecule has 0 saturated carbocycles. The fourth-order valence-electron chi connectivity index (χ4n) is 2.89. The van der Waals surface area contributed by atoms with Gasteiger partial charge in [0.05, 0.1) is 11.9 Å². The van der Waals surface area contributed by atoms with Gasteiger partial charge in [-0.2, -0.15) is 5.10 Å². The van der Waals surface area contributed by atoms with Crippen molar-refractivity contribution in [3.05, 3.63) is 42.1 Å². The van der Waals surface area contributed by atoms with Gasteiger partial charge in [0.25, 0.3) is 5.91 Å². The number of carbonyl (C=O) groups excluding carboxylic acids is 1. The number of piperidine rings is 1. The molecule has 0 radical (unpaired) electrons. The van der Waals surface area contributed by atoms with Gasteiger partial charge >= 0.3 is 0 Å². The van der Waals surface area contributed by atoms with Crippen LogP contribution in [0, 0.1) is 0 Å². The van der Waals surface area contributed by atoms with Crippen LogP contribution in [0.25, 0.3) is 11.3 Å². The standard InChI is InChI=1S/C16H20N4O3S/c1-24(22,23)19-14-7-10-20(11-8-14)16(21)13-4-2-12(3-5-13)15-6-9-17-18-15/h2-6,9,14,19H,7-8,10-11H2,1H3,(H,17,18). The normalized spacial score (nSPS) is 16.3. The summed E-state index contributed by atoms with van der Waals surface area (Å²) < 4.78 is 25.1. The van der Waals surface area contributed by atoms with Crippen LogP contribution in [-0.2, 0) is 10.0 Å². The Morgan fingerprint density at radius 1 is 1.21 bits per heavy atom. The number of carbonyl (C=O) groups is 1. The second-order valence-corrected chi connectivity index (χ2v) is 7.78. The molecule has 128 valence electrons. The molecule has 8 heteroatoms. The molecular weight excluding hydrogens is 328 g/mol. The molecule has 2 heterocycles. The molecule has 1 aliphatic heterocycles. The predicted octanol–water partition coefficient (Wildman–Crippen LogP) is 1.23. The van der Waals surface area contributed by atoms with Gasteiger partial charge in [0.1, 0.15) is 0 Å². The number of sulfonamides is 1. The maximum atomic E-state index is 12.6. The summed E-state index contributed by atoms with van der Waals surface area (Å²) in [5.74, 6) is -0.0241. The average molecular weight is 348 g/mol. The highest BCUT2D eigenvalue weighted by Gasteiger charge is 2.25. The van der Waals surface area contributed by atoms with Crippen LogP contribution in [0.1, 0.15) is 23.2 Å². The number of nitrogens with zero attached hydrogens (tertiary/aromatic N) is 2. The van der Waals surface area contributed by atoms with E-state index in [0.29, 0.717) is 31.5 Å². The Bertz CT molecular complexity index is 792. The zero-order chi connectivity index (χ0) is 17.2. The highest BCUT2D eigenvalue weighted by Crippen LogP contribution is 2.19. The van der Waals surface area contributed by atoms with E-state index in [2.05, 4.69) is 14.9 Å². The Balaban J connectivity index is 1.61. The van der Waals surface area contributed by atoms with Crippen LogP contribution in [0.15, 0.2) is 36.5 Å². The van der Waals surface area contributed by atoms with Crippen molar-refractivity contribution in [2.45, 2.75) is 18.9 Å². The van der Waals surface area contributed by atoms with Gasteiger partial charge in [0.2, 0.25) is 10.0 Å². The van der Waals surface area contributed by atoms with Crippen molar-refractivity contribution in [2.24, 2.45) is 0 Å². The molecule has 0 unspecified atom stereocenters.